The van der Waals surface area contributed by atoms with E-state index in [0.29, 0.717) is 23.0 Å². The maximum absolute atomic E-state index is 12.9. The fourth-order valence-corrected chi connectivity index (χ4v) is 5.83. The largest absolute Gasteiger partial charge is 0.416 e. The van der Waals surface area contributed by atoms with Gasteiger partial charge in [-0.1, -0.05) is 31.5 Å². The summed E-state index contributed by atoms with van der Waals surface area (Å²) in [4.78, 5) is 19.1. The van der Waals surface area contributed by atoms with E-state index in [1.54, 1.807) is 23.6 Å². The average Bonchev–Trinajstić information content (AvgIpc) is 3.33. The van der Waals surface area contributed by atoms with Crippen LogP contribution in [0.1, 0.15) is 56.6 Å². The van der Waals surface area contributed by atoms with Crippen LogP contribution >= 0.6 is 22.7 Å². The molecule has 3 nitrogen and oxygen atoms in total. The summed E-state index contributed by atoms with van der Waals surface area (Å²) in [6.45, 7) is 2.20. The summed E-state index contributed by atoms with van der Waals surface area (Å²) < 4.78 is 38.7. The van der Waals surface area contributed by atoms with Crippen molar-refractivity contribution in [3.8, 4) is 0 Å². The Labute approximate surface area is 181 Å². The van der Waals surface area contributed by atoms with Crippen LogP contribution in [0.2, 0.25) is 0 Å². The zero-order valence-corrected chi connectivity index (χ0v) is 18.0. The number of anilines is 1. The first-order chi connectivity index (χ1) is 14.3. The number of carbonyl (C=O) groups is 1. The van der Waals surface area contributed by atoms with E-state index in [1.165, 1.54) is 22.3 Å². The van der Waals surface area contributed by atoms with Crippen molar-refractivity contribution in [2.45, 2.75) is 45.2 Å². The van der Waals surface area contributed by atoms with Gasteiger partial charge >= 0.3 is 6.18 Å². The van der Waals surface area contributed by atoms with E-state index < -0.39 is 11.7 Å². The number of hydrogen-bond donors (Lipinski definition) is 1. The van der Waals surface area contributed by atoms with Crippen molar-refractivity contribution in [3.63, 3.8) is 0 Å². The minimum absolute atomic E-state index is 0.164. The Hall–Kier alpha value is -2.19. The molecule has 2 heterocycles. The number of hydrogen-bond acceptors (Lipinski definition) is 4. The summed E-state index contributed by atoms with van der Waals surface area (Å²) in [5, 5.41) is 5.24. The van der Waals surface area contributed by atoms with Gasteiger partial charge in [0.25, 0.3) is 5.91 Å². The van der Waals surface area contributed by atoms with Gasteiger partial charge < -0.3 is 0 Å². The maximum Gasteiger partial charge on any atom is 0.416 e. The first kappa shape index (κ1) is 21.1. The summed E-state index contributed by atoms with van der Waals surface area (Å²) in [7, 11) is 0. The van der Waals surface area contributed by atoms with Crippen LogP contribution in [0.3, 0.4) is 0 Å². The summed E-state index contributed by atoms with van der Waals surface area (Å²) in [5.74, 6) is 0.534. The number of nitrogens with one attached hydrogen (secondary N) is 1. The first-order valence-corrected chi connectivity index (χ1v) is 11.5. The number of amides is 1. The van der Waals surface area contributed by atoms with Gasteiger partial charge in [0.05, 0.1) is 11.1 Å². The molecule has 3 aromatic rings. The normalized spacial score (nSPS) is 16.3. The van der Waals surface area contributed by atoms with Crippen molar-refractivity contribution in [1.29, 1.82) is 0 Å². The summed E-state index contributed by atoms with van der Waals surface area (Å²) in [5.41, 5.74) is 1.77. The highest BCUT2D eigenvalue weighted by molar-refractivity contribution is 7.15. The fourth-order valence-electron chi connectivity index (χ4n) is 3.79. The van der Waals surface area contributed by atoms with Crippen molar-refractivity contribution >= 4 is 33.7 Å². The smallest absolute Gasteiger partial charge is 0.298 e. The summed E-state index contributed by atoms with van der Waals surface area (Å²) in [6, 6.07) is 5.28. The molecule has 1 aliphatic rings. The molecule has 158 valence electrons. The van der Waals surface area contributed by atoms with Gasteiger partial charge in [-0.2, -0.15) is 13.2 Å². The van der Waals surface area contributed by atoms with Gasteiger partial charge in [0.1, 0.15) is 0 Å². The zero-order chi connectivity index (χ0) is 21.3. The molecule has 8 heteroatoms. The molecule has 4 rings (SSSR count). The molecule has 2 aromatic heterocycles. The molecule has 0 bridgehead atoms. The predicted molar refractivity (Wildman–Crippen MR) is 114 cm³/mol. The minimum Gasteiger partial charge on any atom is -0.298 e. The van der Waals surface area contributed by atoms with E-state index in [9.17, 15) is 18.0 Å². The third-order valence-corrected chi connectivity index (χ3v) is 7.45. The summed E-state index contributed by atoms with van der Waals surface area (Å²) >= 11 is 2.94. The van der Waals surface area contributed by atoms with E-state index in [1.807, 2.05) is 5.38 Å². The number of carbonyl (C=O) groups excluding carboxylic acids is 1. The number of fused-ring (bicyclic) bond motifs is 1. The van der Waals surface area contributed by atoms with Gasteiger partial charge in [-0.05, 0) is 42.4 Å². The number of nitrogens with zero attached hydrogens (tertiary/aromatic N) is 1. The molecule has 0 saturated carbocycles. The molecule has 1 atom stereocenters. The number of rotatable bonds is 5. The topological polar surface area (TPSA) is 42.0 Å². The molecule has 1 aromatic carbocycles. The second kappa shape index (κ2) is 8.51. The molecule has 30 heavy (non-hydrogen) atoms. The Morgan fingerprint density at radius 2 is 2.17 bits per heavy atom. The zero-order valence-electron chi connectivity index (χ0n) is 16.4. The van der Waals surface area contributed by atoms with Crippen LogP contribution in [0.4, 0.5) is 18.3 Å². The SMILES string of the molecule is CCC1CCc2c(C(=O)Nc3ncc(Cc4cccc(C(F)(F)F)c4)s3)csc2C1. The number of thiophene rings is 1. The summed E-state index contributed by atoms with van der Waals surface area (Å²) in [6.07, 6.45) is 1.82. The van der Waals surface area contributed by atoms with Crippen LogP contribution in [0.5, 0.6) is 0 Å². The quantitative estimate of drug-likeness (QED) is 0.477. The highest BCUT2D eigenvalue weighted by Crippen LogP contribution is 2.35. The van der Waals surface area contributed by atoms with E-state index >= 15 is 0 Å². The Morgan fingerprint density at radius 1 is 1.33 bits per heavy atom. The molecule has 1 N–H and O–H groups in total. The Morgan fingerprint density at radius 3 is 2.93 bits per heavy atom. The lowest BCUT2D eigenvalue weighted by Crippen LogP contribution is -2.17. The highest BCUT2D eigenvalue weighted by Gasteiger charge is 2.30. The lowest BCUT2D eigenvalue weighted by atomic mass is 9.86. The predicted octanol–water partition coefficient (Wildman–Crippen LogP) is 6.58. The highest BCUT2D eigenvalue weighted by atomic mass is 32.1. The van der Waals surface area contributed by atoms with Gasteiger partial charge in [-0.25, -0.2) is 4.98 Å². The number of aromatic nitrogens is 1. The number of benzene rings is 1. The Balaban J connectivity index is 1.43. The molecular weight excluding hydrogens is 429 g/mol. The molecule has 0 saturated heterocycles. The van der Waals surface area contributed by atoms with Crippen molar-refractivity contribution in [2.24, 2.45) is 5.92 Å². The van der Waals surface area contributed by atoms with E-state index in [2.05, 4.69) is 17.2 Å². The maximum atomic E-state index is 12.9. The number of thiazole rings is 1. The third kappa shape index (κ3) is 4.59. The Bertz CT molecular complexity index is 1050. The minimum atomic E-state index is -4.36. The number of alkyl halides is 3. The molecule has 0 aliphatic heterocycles. The fraction of sp³-hybridized carbons (Fsp3) is 0.364. The Kier molecular flexibility index (Phi) is 5.97. The van der Waals surface area contributed by atoms with E-state index in [-0.39, 0.29) is 5.91 Å². The molecule has 1 unspecified atom stereocenters. The van der Waals surface area contributed by atoms with Gasteiger partial charge in [-0.3, -0.25) is 10.1 Å². The lowest BCUT2D eigenvalue weighted by Gasteiger charge is -2.21. The second-order valence-corrected chi connectivity index (χ2v) is 9.61. The molecule has 0 radical (unpaired) electrons. The van der Waals surface area contributed by atoms with Crippen LogP contribution in [0.15, 0.2) is 35.8 Å². The van der Waals surface area contributed by atoms with Crippen LogP contribution in [-0.2, 0) is 25.4 Å². The van der Waals surface area contributed by atoms with Crippen molar-refractivity contribution in [1.82, 2.24) is 4.98 Å². The average molecular weight is 451 g/mol. The standard InChI is InChI=1S/C22H21F3N2OS2/c1-2-13-6-7-17-18(12-29-19(17)10-13)20(28)27-21-26-11-16(30-21)9-14-4-3-5-15(8-14)22(23,24)25/h3-5,8,11-13H,2,6-7,9-10H2,1H3,(H,26,27,28). The molecule has 1 aliphatic carbocycles. The van der Waals surface area contributed by atoms with Gasteiger partial charge in [0.15, 0.2) is 5.13 Å². The van der Waals surface area contributed by atoms with Crippen LogP contribution < -0.4 is 5.32 Å². The van der Waals surface area contributed by atoms with Crippen molar-refractivity contribution < 1.29 is 18.0 Å². The lowest BCUT2D eigenvalue weighted by molar-refractivity contribution is -0.137. The molecule has 1 amide bonds. The second-order valence-electron chi connectivity index (χ2n) is 7.53. The molecule has 0 spiro atoms. The van der Waals surface area contributed by atoms with Gasteiger partial charge in [-0.15, -0.1) is 22.7 Å². The molecular formula is C22H21F3N2OS2. The van der Waals surface area contributed by atoms with E-state index in [4.69, 9.17) is 0 Å². The van der Waals surface area contributed by atoms with Crippen molar-refractivity contribution in [3.05, 3.63) is 67.9 Å². The molecule has 0 fully saturated rings. The first-order valence-electron chi connectivity index (χ1n) is 9.85. The van der Waals surface area contributed by atoms with Crippen molar-refractivity contribution in [2.75, 3.05) is 5.32 Å². The van der Waals surface area contributed by atoms with Crippen LogP contribution in [0, 0.1) is 5.92 Å². The van der Waals surface area contributed by atoms with Crippen LogP contribution in [0.25, 0.3) is 0 Å². The van der Waals surface area contributed by atoms with Gasteiger partial charge in [0.2, 0.25) is 0 Å². The van der Waals surface area contributed by atoms with Crippen LogP contribution in [-0.4, -0.2) is 10.9 Å². The monoisotopic (exact) mass is 450 g/mol. The van der Waals surface area contributed by atoms with Gasteiger partial charge in [0, 0.05) is 27.8 Å². The number of halogens is 3. The van der Waals surface area contributed by atoms with E-state index in [0.717, 1.165) is 53.8 Å². The third-order valence-electron chi connectivity index (χ3n) is 5.49.